The van der Waals surface area contributed by atoms with Gasteiger partial charge >= 0.3 is 6.18 Å². The number of nitrogens with zero attached hydrogens (tertiary/aromatic N) is 1. The molecule has 1 aromatic heterocycles. The van der Waals surface area contributed by atoms with E-state index in [1.807, 2.05) is 0 Å². The number of hydrogen-bond acceptors (Lipinski definition) is 4. The second-order valence-corrected chi connectivity index (χ2v) is 9.54. The molecule has 8 heteroatoms. The van der Waals surface area contributed by atoms with Gasteiger partial charge in [0.25, 0.3) is 0 Å². The molecule has 0 radical (unpaired) electrons. The first-order chi connectivity index (χ1) is 13.0. The summed E-state index contributed by atoms with van der Waals surface area (Å²) in [6.07, 6.45) is 0.460. The van der Waals surface area contributed by atoms with Crippen molar-refractivity contribution < 1.29 is 21.6 Å². The Morgan fingerprint density at radius 2 is 1.64 bits per heavy atom. The maximum atomic E-state index is 13.4. The Kier molecular flexibility index (Phi) is 5.70. The smallest absolute Gasteiger partial charge is 0.367 e. The van der Waals surface area contributed by atoms with E-state index in [2.05, 4.69) is 17.2 Å². The fourth-order valence-corrected chi connectivity index (χ4v) is 4.03. The van der Waals surface area contributed by atoms with Gasteiger partial charge in [0.2, 0.25) is 0 Å². The third-order valence-electron chi connectivity index (χ3n) is 5.10. The highest BCUT2D eigenvalue weighted by atomic mass is 32.2. The Morgan fingerprint density at radius 1 is 1.04 bits per heavy atom. The minimum Gasteiger partial charge on any atom is -0.367 e. The normalized spacial score (nSPS) is 20.8. The Morgan fingerprint density at radius 3 is 2.18 bits per heavy atom. The maximum absolute atomic E-state index is 13.4. The molecule has 1 aliphatic carbocycles. The lowest BCUT2D eigenvalue weighted by Gasteiger charge is -2.27. The third kappa shape index (κ3) is 5.04. The summed E-state index contributed by atoms with van der Waals surface area (Å²) in [5.41, 5.74) is -0.197. The summed E-state index contributed by atoms with van der Waals surface area (Å²) < 4.78 is 63.3. The minimum atomic E-state index is -4.50. The molecular formula is C20H23F3N2O2S. The van der Waals surface area contributed by atoms with Crippen LogP contribution in [0, 0.1) is 5.92 Å². The molecular weight excluding hydrogens is 389 g/mol. The van der Waals surface area contributed by atoms with Gasteiger partial charge in [-0.15, -0.1) is 0 Å². The van der Waals surface area contributed by atoms with Gasteiger partial charge in [-0.3, -0.25) is 0 Å². The zero-order valence-corrected chi connectivity index (χ0v) is 16.6. The van der Waals surface area contributed by atoms with E-state index in [1.165, 1.54) is 24.3 Å². The van der Waals surface area contributed by atoms with Crippen molar-refractivity contribution in [3.05, 3.63) is 42.0 Å². The van der Waals surface area contributed by atoms with Crippen molar-refractivity contribution in [2.45, 2.75) is 49.7 Å². The van der Waals surface area contributed by atoms with Crippen LogP contribution in [-0.4, -0.2) is 25.7 Å². The first kappa shape index (κ1) is 20.6. The highest BCUT2D eigenvalue weighted by molar-refractivity contribution is 7.90. The largest absolute Gasteiger partial charge is 0.416 e. The van der Waals surface area contributed by atoms with Crippen LogP contribution in [0.2, 0.25) is 0 Å². The van der Waals surface area contributed by atoms with Crippen molar-refractivity contribution in [1.29, 1.82) is 0 Å². The van der Waals surface area contributed by atoms with E-state index in [4.69, 9.17) is 0 Å². The van der Waals surface area contributed by atoms with Gasteiger partial charge in [0.1, 0.15) is 5.82 Å². The highest BCUT2D eigenvalue weighted by Crippen LogP contribution is 2.34. The molecule has 0 unspecified atom stereocenters. The summed E-state index contributed by atoms with van der Waals surface area (Å²) >= 11 is 0. The van der Waals surface area contributed by atoms with E-state index in [9.17, 15) is 21.6 Å². The predicted molar refractivity (Wildman–Crippen MR) is 103 cm³/mol. The lowest BCUT2D eigenvalue weighted by atomic mass is 9.87. The molecule has 0 aliphatic heterocycles. The summed E-state index contributed by atoms with van der Waals surface area (Å²) in [7, 11) is -3.38. The van der Waals surface area contributed by atoms with Gasteiger partial charge < -0.3 is 5.32 Å². The number of anilines is 1. The Balaban J connectivity index is 1.94. The minimum absolute atomic E-state index is 0.104. The molecule has 28 heavy (non-hydrogen) atoms. The average Bonchev–Trinajstić information content (AvgIpc) is 2.62. The maximum Gasteiger partial charge on any atom is 0.416 e. The van der Waals surface area contributed by atoms with Gasteiger partial charge in [-0.05, 0) is 55.9 Å². The standard InChI is InChI=1S/C20H23F3N2O2S/c1-13-3-7-16(8-4-13)24-19-12-15(20(21,22)23)11-18(25-19)14-5-9-17(10-6-14)28(2,26)27/h5-6,9-13,16H,3-4,7-8H2,1-2H3,(H,24,25)/t13-,16+. The number of halogens is 3. The number of nitrogens with one attached hydrogen (secondary N) is 1. The average molecular weight is 412 g/mol. The molecule has 2 aromatic rings. The van der Waals surface area contributed by atoms with Crippen LogP contribution in [0.4, 0.5) is 19.0 Å². The molecule has 1 aliphatic rings. The molecule has 0 bridgehead atoms. The topological polar surface area (TPSA) is 59.1 Å². The van der Waals surface area contributed by atoms with E-state index in [-0.39, 0.29) is 22.4 Å². The molecule has 1 N–H and O–H groups in total. The number of aromatic nitrogens is 1. The van der Waals surface area contributed by atoms with Crippen molar-refractivity contribution in [1.82, 2.24) is 4.98 Å². The molecule has 4 nitrogen and oxygen atoms in total. The summed E-state index contributed by atoms with van der Waals surface area (Å²) in [6.45, 7) is 2.18. The van der Waals surface area contributed by atoms with Gasteiger partial charge in [-0.2, -0.15) is 13.2 Å². The van der Waals surface area contributed by atoms with Crippen LogP contribution in [0.15, 0.2) is 41.3 Å². The molecule has 1 heterocycles. The monoisotopic (exact) mass is 412 g/mol. The summed E-state index contributed by atoms with van der Waals surface area (Å²) in [6, 6.07) is 7.84. The number of rotatable bonds is 4. The van der Waals surface area contributed by atoms with Crippen LogP contribution in [0.5, 0.6) is 0 Å². The zero-order valence-electron chi connectivity index (χ0n) is 15.8. The van der Waals surface area contributed by atoms with Gasteiger partial charge in [0.05, 0.1) is 16.2 Å². The molecule has 1 saturated carbocycles. The number of sulfone groups is 1. The number of benzene rings is 1. The Bertz CT molecular complexity index is 933. The Labute approximate surface area is 163 Å². The molecule has 0 atom stereocenters. The summed E-state index contributed by atoms with van der Waals surface area (Å²) in [5, 5.41) is 3.15. The quantitative estimate of drug-likeness (QED) is 0.753. The van der Waals surface area contributed by atoms with E-state index in [0.29, 0.717) is 11.5 Å². The van der Waals surface area contributed by atoms with Crippen LogP contribution < -0.4 is 5.32 Å². The highest BCUT2D eigenvalue weighted by Gasteiger charge is 2.32. The lowest BCUT2D eigenvalue weighted by molar-refractivity contribution is -0.137. The molecule has 1 fully saturated rings. The van der Waals surface area contributed by atoms with Crippen LogP contribution in [0.1, 0.15) is 38.2 Å². The number of hydrogen-bond donors (Lipinski definition) is 1. The first-order valence-corrected chi connectivity index (χ1v) is 11.1. The van der Waals surface area contributed by atoms with E-state index in [1.54, 1.807) is 0 Å². The first-order valence-electron chi connectivity index (χ1n) is 9.18. The molecule has 0 saturated heterocycles. The predicted octanol–water partition coefficient (Wildman–Crippen LogP) is 5.16. The molecule has 3 rings (SSSR count). The molecule has 152 valence electrons. The fourth-order valence-electron chi connectivity index (χ4n) is 3.40. The summed E-state index contributed by atoms with van der Waals surface area (Å²) in [4.78, 5) is 4.47. The van der Waals surface area contributed by atoms with Gasteiger partial charge in [-0.25, -0.2) is 13.4 Å². The van der Waals surface area contributed by atoms with Gasteiger partial charge in [0.15, 0.2) is 9.84 Å². The van der Waals surface area contributed by atoms with Crippen molar-refractivity contribution in [3.8, 4) is 11.3 Å². The van der Waals surface area contributed by atoms with Crippen LogP contribution in [0.3, 0.4) is 0 Å². The third-order valence-corrected chi connectivity index (χ3v) is 6.23. The Hall–Kier alpha value is -2.09. The second kappa shape index (κ2) is 7.73. The van der Waals surface area contributed by atoms with Crippen molar-refractivity contribution in [2.75, 3.05) is 11.6 Å². The van der Waals surface area contributed by atoms with Gasteiger partial charge in [0, 0.05) is 17.9 Å². The van der Waals surface area contributed by atoms with E-state index >= 15 is 0 Å². The molecule has 0 amide bonds. The fraction of sp³-hybridized carbons (Fsp3) is 0.450. The SMILES string of the molecule is CS(=O)(=O)c1ccc(-c2cc(C(F)(F)F)cc(N[C@H]3CC[C@@H](C)CC3)n2)cc1. The molecule has 1 aromatic carbocycles. The molecule has 0 spiro atoms. The number of alkyl halides is 3. The zero-order chi connectivity index (χ0) is 20.5. The van der Waals surface area contributed by atoms with Crippen molar-refractivity contribution in [2.24, 2.45) is 5.92 Å². The van der Waals surface area contributed by atoms with Crippen molar-refractivity contribution in [3.63, 3.8) is 0 Å². The van der Waals surface area contributed by atoms with E-state index < -0.39 is 21.6 Å². The van der Waals surface area contributed by atoms with Crippen LogP contribution in [-0.2, 0) is 16.0 Å². The van der Waals surface area contributed by atoms with Crippen LogP contribution in [0.25, 0.3) is 11.3 Å². The number of pyridine rings is 1. The lowest BCUT2D eigenvalue weighted by Crippen LogP contribution is -2.26. The second-order valence-electron chi connectivity index (χ2n) is 7.52. The van der Waals surface area contributed by atoms with Crippen LogP contribution >= 0.6 is 0 Å². The summed E-state index contributed by atoms with van der Waals surface area (Å²) in [5.74, 6) is 0.827. The van der Waals surface area contributed by atoms with Crippen molar-refractivity contribution >= 4 is 15.7 Å². The van der Waals surface area contributed by atoms with E-state index in [0.717, 1.165) is 44.1 Å². The van der Waals surface area contributed by atoms with Gasteiger partial charge in [-0.1, -0.05) is 19.1 Å².